The van der Waals surface area contributed by atoms with E-state index in [4.69, 9.17) is 0 Å². The Morgan fingerprint density at radius 1 is 1.07 bits per heavy atom. The summed E-state index contributed by atoms with van der Waals surface area (Å²) >= 11 is 0. The Balaban J connectivity index is 1.29. The molecule has 1 aromatic heterocycles. The fraction of sp³-hybridized carbons (Fsp3) is 0.360. The lowest BCUT2D eigenvalue weighted by atomic mass is 10.0. The van der Waals surface area contributed by atoms with Gasteiger partial charge in [0.25, 0.3) is 5.91 Å². The van der Waals surface area contributed by atoms with Crippen LogP contribution in [-0.4, -0.2) is 40.8 Å². The highest BCUT2D eigenvalue weighted by molar-refractivity contribution is 5.99. The Kier molecular flexibility index (Phi) is 5.88. The lowest BCUT2D eigenvalue weighted by Gasteiger charge is -2.32. The fourth-order valence-electron chi connectivity index (χ4n) is 4.21. The van der Waals surface area contributed by atoms with Gasteiger partial charge in [-0.1, -0.05) is 30.3 Å². The molecule has 0 spiro atoms. The zero-order valence-electron chi connectivity index (χ0n) is 17.7. The van der Waals surface area contributed by atoms with Gasteiger partial charge in [0.05, 0.1) is 0 Å². The summed E-state index contributed by atoms with van der Waals surface area (Å²) in [5.41, 5.74) is 5.31. The molecule has 156 valence electrons. The van der Waals surface area contributed by atoms with Crippen molar-refractivity contribution in [1.82, 2.24) is 15.2 Å². The first kappa shape index (κ1) is 20.2. The van der Waals surface area contributed by atoms with Crippen molar-refractivity contribution >= 4 is 22.7 Å². The normalized spacial score (nSPS) is 14.8. The number of likely N-dealkylation sites (tertiary alicyclic amines) is 1. The molecule has 1 aliphatic rings. The number of aromatic nitrogens is 1. The zero-order valence-corrected chi connectivity index (χ0v) is 17.7. The molecule has 5 heteroatoms. The molecule has 2 amide bonds. The number of nitrogens with one attached hydrogen (secondary N) is 2. The van der Waals surface area contributed by atoms with Gasteiger partial charge in [-0.25, -0.2) is 0 Å². The average molecular weight is 404 g/mol. The number of aromatic amines is 1. The number of carbonyl (C=O) groups excluding carboxylic acids is 2. The van der Waals surface area contributed by atoms with E-state index in [1.54, 1.807) is 0 Å². The first-order valence-electron chi connectivity index (χ1n) is 10.7. The Morgan fingerprint density at radius 3 is 2.53 bits per heavy atom. The van der Waals surface area contributed by atoms with Crippen molar-refractivity contribution in [3.05, 3.63) is 70.9 Å². The van der Waals surface area contributed by atoms with Crippen molar-refractivity contribution in [2.75, 3.05) is 13.1 Å². The molecule has 0 atom stereocenters. The second kappa shape index (κ2) is 8.74. The van der Waals surface area contributed by atoms with E-state index in [1.165, 1.54) is 11.1 Å². The van der Waals surface area contributed by atoms with E-state index in [-0.39, 0.29) is 17.9 Å². The minimum atomic E-state index is 0.0732. The Morgan fingerprint density at radius 2 is 1.80 bits per heavy atom. The standard InChI is InChI=1S/C25H29N3O2/c1-17-18(2)26-23-10-9-20(16-22(17)23)25(30)28-14-12-21(13-15-28)27-24(29)11-8-19-6-4-3-5-7-19/h3-7,9-10,16,21,26H,8,11-15H2,1-2H3,(H,27,29). The number of benzene rings is 2. The molecule has 5 nitrogen and oxygen atoms in total. The Bertz CT molecular complexity index is 1050. The van der Waals surface area contributed by atoms with E-state index in [1.807, 2.05) is 53.4 Å². The summed E-state index contributed by atoms with van der Waals surface area (Å²) in [6, 6.07) is 16.1. The summed E-state index contributed by atoms with van der Waals surface area (Å²) < 4.78 is 0. The second-order valence-corrected chi connectivity index (χ2v) is 8.25. The summed E-state index contributed by atoms with van der Waals surface area (Å²) in [6.07, 6.45) is 2.85. The third-order valence-electron chi connectivity index (χ3n) is 6.19. The quantitative estimate of drug-likeness (QED) is 0.672. The van der Waals surface area contributed by atoms with Crippen LogP contribution in [0.5, 0.6) is 0 Å². The van der Waals surface area contributed by atoms with Crippen LogP contribution in [0.25, 0.3) is 10.9 Å². The van der Waals surface area contributed by atoms with Gasteiger partial charge in [-0.2, -0.15) is 0 Å². The van der Waals surface area contributed by atoms with Gasteiger partial charge in [0.15, 0.2) is 0 Å². The molecule has 0 aliphatic carbocycles. The van der Waals surface area contributed by atoms with Crippen LogP contribution in [0.2, 0.25) is 0 Å². The maximum Gasteiger partial charge on any atom is 0.253 e. The monoisotopic (exact) mass is 403 g/mol. The van der Waals surface area contributed by atoms with Crippen LogP contribution in [0.15, 0.2) is 48.5 Å². The third kappa shape index (κ3) is 4.40. The molecule has 0 saturated carbocycles. The minimum absolute atomic E-state index is 0.0732. The van der Waals surface area contributed by atoms with Crippen molar-refractivity contribution in [2.24, 2.45) is 0 Å². The number of hydrogen-bond donors (Lipinski definition) is 2. The molecule has 2 aromatic carbocycles. The van der Waals surface area contributed by atoms with Gasteiger partial charge < -0.3 is 15.2 Å². The molecule has 0 radical (unpaired) electrons. The molecule has 3 aromatic rings. The van der Waals surface area contributed by atoms with Crippen molar-refractivity contribution in [3.8, 4) is 0 Å². The molecule has 1 aliphatic heterocycles. The van der Waals surface area contributed by atoms with E-state index in [9.17, 15) is 9.59 Å². The number of rotatable bonds is 5. The number of amides is 2. The van der Waals surface area contributed by atoms with Crippen molar-refractivity contribution in [3.63, 3.8) is 0 Å². The predicted octanol–water partition coefficient (Wildman–Crippen LogP) is 4.14. The molecule has 0 unspecified atom stereocenters. The molecule has 4 rings (SSSR count). The van der Waals surface area contributed by atoms with Crippen molar-refractivity contribution < 1.29 is 9.59 Å². The molecule has 1 fully saturated rings. The van der Waals surface area contributed by atoms with Crippen LogP contribution in [0.1, 0.15) is 46.4 Å². The molecule has 1 saturated heterocycles. The first-order chi connectivity index (χ1) is 14.5. The van der Waals surface area contributed by atoms with Crippen molar-refractivity contribution in [1.29, 1.82) is 0 Å². The molecule has 2 heterocycles. The second-order valence-electron chi connectivity index (χ2n) is 8.25. The van der Waals surface area contributed by atoms with Crippen LogP contribution in [0.4, 0.5) is 0 Å². The summed E-state index contributed by atoms with van der Waals surface area (Å²) in [7, 11) is 0. The zero-order chi connectivity index (χ0) is 21.1. The van der Waals surface area contributed by atoms with Crippen molar-refractivity contribution in [2.45, 2.75) is 45.6 Å². The van der Waals surface area contributed by atoms with Crippen LogP contribution in [0, 0.1) is 13.8 Å². The summed E-state index contributed by atoms with van der Waals surface area (Å²) in [4.78, 5) is 30.5. The fourth-order valence-corrected chi connectivity index (χ4v) is 4.21. The lowest BCUT2D eigenvalue weighted by Crippen LogP contribution is -2.46. The molecule has 30 heavy (non-hydrogen) atoms. The minimum Gasteiger partial charge on any atom is -0.358 e. The van der Waals surface area contributed by atoms with Crippen LogP contribution in [0.3, 0.4) is 0 Å². The van der Waals surface area contributed by atoms with E-state index >= 15 is 0 Å². The number of piperidine rings is 1. The number of hydrogen-bond acceptors (Lipinski definition) is 2. The first-order valence-corrected chi connectivity index (χ1v) is 10.7. The molecular formula is C25H29N3O2. The maximum atomic E-state index is 13.0. The predicted molar refractivity (Wildman–Crippen MR) is 120 cm³/mol. The number of aryl methyl sites for hydroxylation is 3. The van der Waals surface area contributed by atoms with Gasteiger partial charge in [-0.3, -0.25) is 9.59 Å². The van der Waals surface area contributed by atoms with Gasteiger partial charge in [0.1, 0.15) is 0 Å². The molecular weight excluding hydrogens is 374 g/mol. The Hall–Kier alpha value is -3.08. The number of fused-ring (bicyclic) bond motifs is 1. The molecule has 0 bridgehead atoms. The van der Waals surface area contributed by atoms with E-state index in [0.29, 0.717) is 19.5 Å². The van der Waals surface area contributed by atoms with Crippen LogP contribution >= 0.6 is 0 Å². The average Bonchev–Trinajstić information content (AvgIpc) is 3.06. The highest BCUT2D eigenvalue weighted by Crippen LogP contribution is 2.24. The van der Waals surface area contributed by atoms with Gasteiger partial charge >= 0.3 is 0 Å². The summed E-state index contributed by atoms with van der Waals surface area (Å²) in [5, 5.41) is 4.25. The summed E-state index contributed by atoms with van der Waals surface area (Å²) in [5.74, 6) is 0.163. The topological polar surface area (TPSA) is 65.2 Å². The largest absolute Gasteiger partial charge is 0.358 e. The van der Waals surface area contributed by atoms with E-state index in [0.717, 1.165) is 41.4 Å². The van der Waals surface area contributed by atoms with Crippen LogP contribution in [-0.2, 0) is 11.2 Å². The summed E-state index contributed by atoms with van der Waals surface area (Å²) in [6.45, 7) is 5.47. The Labute approximate surface area is 177 Å². The number of H-pyrrole nitrogens is 1. The van der Waals surface area contributed by atoms with Gasteiger partial charge in [0, 0.05) is 47.7 Å². The van der Waals surface area contributed by atoms with Crippen LogP contribution < -0.4 is 5.32 Å². The number of carbonyl (C=O) groups is 2. The SMILES string of the molecule is Cc1[nH]c2ccc(C(=O)N3CCC(NC(=O)CCc4ccccc4)CC3)cc2c1C. The van der Waals surface area contributed by atoms with Gasteiger partial charge in [-0.05, 0) is 62.4 Å². The molecule has 2 N–H and O–H groups in total. The highest BCUT2D eigenvalue weighted by Gasteiger charge is 2.25. The third-order valence-corrected chi connectivity index (χ3v) is 6.19. The smallest absolute Gasteiger partial charge is 0.253 e. The lowest BCUT2D eigenvalue weighted by molar-refractivity contribution is -0.122. The van der Waals surface area contributed by atoms with Gasteiger partial charge in [0.2, 0.25) is 5.91 Å². The van der Waals surface area contributed by atoms with E-state index in [2.05, 4.69) is 24.1 Å². The van der Waals surface area contributed by atoms with Gasteiger partial charge in [-0.15, -0.1) is 0 Å². The number of nitrogens with zero attached hydrogens (tertiary/aromatic N) is 1. The highest BCUT2D eigenvalue weighted by atomic mass is 16.2. The maximum absolute atomic E-state index is 13.0. The van der Waals surface area contributed by atoms with E-state index < -0.39 is 0 Å².